The summed E-state index contributed by atoms with van der Waals surface area (Å²) >= 11 is 0. The molecule has 1 saturated heterocycles. The first kappa shape index (κ1) is 7.51. The normalized spacial score (nSPS) is 36.8. The maximum atomic E-state index is 4.49. The molecule has 0 bridgehead atoms. The second-order valence-electron chi connectivity index (χ2n) is 4.23. The molecule has 0 amide bonds. The smallest absolute Gasteiger partial charge is 0.0469 e. The van der Waals surface area contributed by atoms with Gasteiger partial charge in [0.05, 0.1) is 0 Å². The van der Waals surface area contributed by atoms with Crippen molar-refractivity contribution in [2.24, 2.45) is 5.92 Å². The number of nitrogens with zero attached hydrogens (tertiary/aromatic N) is 1. The van der Waals surface area contributed by atoms with Gasteiger partial charge in [0.1, 0.15) is 0 Å². The highest BCUT2D eigenvalue weighted by Crippen LogP contribution is 2.56. The van der Waals surface area contributed by atoms with Crippen LogP contribution >= 0.6 is 0 Å². The standard InChI is InChI=1S/C11H14N2/c1-2-5-13-10(3-1)11-4-6-12-8-9(11)7-11/h1-3,5,9,12H,4,6-8H2. The van der Waals surface area contributed by atoms with E-state index in [0.717, 1.165) is 12.5 Å². The van der Waals surface area contributed by atoms with Crippen LogP contribution in [-0.2, 0) is 5.41 Å². The third-order valence-electron chi connectivity index (χ3n) is 3.55. The molecule has 1 N–H and O–H groups in total. The molecule has 2 atom stereocenters. The Balaban J connectivity index is 1.94. The van der Waals surface area contributed by atoms with E-state index in [-0.39, 0.29) is 0 Å². The first-order valence-corrected chi connectivity index (χ1v) is 5.04. The van der Waals surface area contributed by atoms with Gasteiger partial charge in [-0.1, -0.05) is 6.07 Å². The summed E-state index contributed by atoms with van der Waals surface area (Å²) in [6.07, 6.45) is 4.53. The first-order valence-electron chi connectivity index (χ1n) is 5.04. The van der Waals surface area contributed by atoms with Crippen molar-refractivity contribution in [3.05, 3.63) is 30.1 Å². The summed E-state index contributed by atoms with van der Waals surface area (Å²) in [5, 5.41) is 3.44. The van der Waals surface area contributed by atoms with E-state index in [9.17, 15) is 0 Å². The van der Waals surface area contributed by atoms with Crippen LogP contribution in [0.5, 0.6) is 0 Å². The third kappa shape index (κ3) is 1.02. The van der Waals surface area contributed by atoms with Crippen LogP contribution in [0, 0.1) is 5.92 Å². The van der Waals surface area contributed by atoms with Crippen LogP contribution in [0.1, 0.15) is 18.5 Å². The topological polar surface area (TPSA) is 24.9 Å². The van der Waals surface area contributed by atoms with E-state index in [1.54, 1.807) is 0 Å². The average molecular weight is 174 g/mol. The maximum absolute atomic E-state index is 4.49. The quantitative estimate of drug-likeness (QED) is 0.695. The van der Waals surface area contributed by atoms with Crippen LogP contribution in [0.4, 0.5) is 0 Å². The van der Waals surface area contributed by atoms with E-state index in [1.165, 1.54) is 25.1 Å². The monoisotopic (exact) mass is 174 g/mol. The minimum Gasteiger partial charge on any atom is -0.316 e. The summed E-state index contributed by atoms with van der Waals surface area (Å²) in [5.41, 5.74) is 1.79. The zero-order valence-electron chi connectivity index (χ0n) is 7.66. The van der Waals surface area contributed by atoms with E-state index < -0.39 is 0 Å². The van der Waals surface area contributed by atoms with Crippen LogP contribution in [0.3, 0.4) is 0 Å². The first-order chi connectivity index (χ1) is 6.42. The SMILES string of the molecule is c1ccc(C23CCNCC2C3)nc1. The molecule has 68 valence electrons. The highest BCUT2D eigenvalue weighted by atomic mass is 14.9. The van der Waals surface area contributed by atoms with Gasteiger partial charge in [-0.05, 0) is 44.0 Å². The molecular weight excluding hydrogens is 160 g/mol. The Morgan fingerprint density at radius 3 is 3.23 bits per heavy atom. The van der Waals surface area contributed by atoms with Gasteiger partial charge in [0.15, 0.2) is 0 Å². The highest BCUT2D eigenvalue weighted by Gasteiger charge is 2.56. The van der Waals surface area contributed by atoms with E-state index >= 15 is 0 Å². The number of nitrogens with one attached hydrogen (secondary N) is 1. The van der Waals surface area contributed by atoms with Gasteiger partial charge in [-0.15, -0.1) is 0 Å². The Labute approximate surface area is 78.4 Å². The summed E-state index contributed by atoms with van der Waals surface area (Å²) < 4.78 is 0. The summed E-state index contributed by atoms with van der Waals surface area (Å²) in [6, 6.07) is 6.29. The van der Waals surface area contributed by atoms with Crippen molar-refractivity contribution in [3.8, 4) is 0 Å². The summed E-state index contributed by atoms with van der Waals surface area (Å²) in [7, 11) is 0. The average Bonchev–Trinajstić information content (AvgIpc) is 2.94. The molecule has 2 heterocycles. The van der Waals surface area contributed by atoms with Gasteiger partial charge in [-0.2, -0.15) is 0 Å². The van der Waals surface area contributed by atoms with Gasteiger partial charge in [0, 0.05) is 17.3 Å². The van der Waals surface area contributed by atoms with E-state index in [1.807, 2.05) is 12.3 Å². The van der Waals surface area contributed by atoms with Crippen LogP contribution in [-0.4, -0.2) is 18.1 Å². The molecule has 2 nitrogen and oxygen atoms in total. The molecule has 0 radical (unpaired) electrons. The Hall–Kier alpha value is -0.890. The minimum absolute atomic E-state index is 0.465. The van der Waals surface area contributed by atoms with Crippen molar-refractivity contribution in [2.75, 3.05) is 13.1 Å². The number of hydrogen-bond donors (Lipinski definition) is 1. The van der Waals surface area contributed by atoms with Gasteiger partial charge >= 0.3 is 0 Å². The molecule has 2 fully saturated rings. The molecule has 2 heteroatoms. The van der Waals surface area contributed by atoms with Crippen molar-refractivity contribution in [1.29, 1.82) is 0 Å². The van der Waals surface area contributed by atoms with Gasteiger partial charge in [0.2, 0.25) is 0 Å². The van der Waals surface area contributed by atoms with Gasteiger partial charge in [-0.25, -0.2) is 0 Å². The molecule has 13 heavy (non-hydrogen) atoms. The van der Waals surface area contributed by atoms with Crippen LogP contribution in [0.2, 0.25) is 0 Å². The van der Waals surface area contributed by atoms with Crippen molar-refractivity contribution >= 4 is 0 Å². The second kappa shape index (κ2) is 2.55. The lowest BCUT2D eigenvalue weighted by molar-refractivity contribution is 0.438. The summed E-state index contributed by atoms with van der Waals surface area (Å²) in [4.78, 5) is 4.49. The third-order valence-corrected chi connectivity index (χ3v) is 3.55. The molecule has 2 aliphatic rings. The Morgan fingerprint density at radius 2 is 2.46 bits per heavy atom. The fraction of sp³-hybridized carbons (Fsp3) is 0.545. The Morgan fingerprint density at radius 1 is 1.46 bits per heavy atom. The predicted octanol–water partition coefficient (Wildman–Crippen LogP) is 1.33. The Bertz CT molecular complexity index is 309. The summed E-state index contributed by atoms with van der Waals surface area (Å²) in [6.45, 7) is 2.35. The second-order valence-corrected chi connectivity index (χ2v) is 4.23. The molecule has 1 aromatic heterocycles. The van der Waals surface area contributed by atoms with E-state index in [2.05, 4.69) is 22.4 Å². The molecule has 1 saturated carbocycles. The molecular formula is C11H14N2. The van der Waals surface area contributed by atoms with Crippen LogP contribution in [0.25, 0.3) is 0 Å². The van der Waals surface area contributed by atoms with Crippen molar-refractivity contribution in [1.82, 2.24) is 10.3 Å². The molecule has 1 aliphatic carbocycles. The number of hydrogen-bond acceptors (Lipinski definition) is 2. The minimum atomic E-state index is 0.465. The summed E-state index contributed by atoms with van der Waals surface area (Å²) in [5.74, 6) is 0.858. The molecule has 2 unspecified atom stereocenters. The lowest BCUT2D eigenvalue weighted by atomic mass is 9.92. The zero-order chi connectivity index (χ0) is 8.73. The fourth-order valence-corrected chi connectivity index (χ4v) is 2.64. The zero-order valence-corrected chi connectivity index (χ0v) is 7.66. The number of aromatic nitrogens is 1. The highest BCUT2D eigenvalue weighted by molar-refractivity contribution is 5.29. The lowest BCUT2D eigenvalue weighted by Gasteiger charge is -2.21. The molecule has 3 rings (SSSR count). The number of piperidine rings is 1. The van der Waals surface area contributed by atoms with Crippen molar-refractivity contribution in [3.63, 3.8) is 0 Å². The lowest BCUT2D eigenvalue weighted by Crippen LogP contribution is -2.31. The number of pyridine rings is 1. The molecule has 1 aromatic rings. The number of rotatable bonds is 1. The Kier molecular flexibility index (Phi) is 1.47. The molecule has 0 aromatic carbocycles. The van der Waals surface area contributed by atoms with E-state index in [0.29, 0.717) is 5.41 Å². The predicted molar refractivity (Wildman–Crippen MR) is 51.5 cm³/mol. The maximum Gasteiger partial charge on any atom is 0.0469 e. The largest absolute Gasteiger partial charge is 0.316 e. The van der Waals surface area contributed by atoms with Gasteiger partial charge < -0.3 is 5.32 Å². The van der Waals surface area contributed by atoms with Gasteiger partial charge in [-0.3, -0.25) is 4.98 Å². The van der Waals surface area contributed by atoms with Crippen molar-refractivity contribution in [2.45, 2.75) is 18.3 Å². The molecule has 1 aliphatic heterocycles. The van der Waals surface area contributed by atoms with Crippen molar-refractivity contribution < 1.29 is 0 Å². The van der Waals surface area contributed by atoms with Crippen LogP contribution < -0.4 is 5.32 Å². The fourth-order valence-electron chi connectivity index (χ4n) is 2.64. The number of fused-ring (bicyclic) bond motifs is 1. The van der Waals surface area contributed by atoms with Crippen LogP contribution in [0.15, 0.2) is 24.4 Å². The van der Waals surface area contributed by atoms with E-state index in [4.69, 9.17) is 0 Å². The molecule has 0 spiro atoms. The van der Waals surface area contributed by atoms with Gasteiger partial charge in [0.25, 0.3) is 0 Å².